The molecule has 3 heteroatoms. The van der Waals surface area contributed by atoms with Gasteiger partial charge in [0.2, 0.25) is 0 Å². The van der Waals surface area contributed by atoms with Crippen molar-refractivity contribution in [2.75, 3.05) is 6.61 Å². The van der Waals surface area contributed by atoms with Gasteiger partial charge in [-0.05, 0) is 19.8 Å². The van der Waals surface area contributed by atoms with E-state index in [2.05, 4.69) is 18.3 Å². The van der Waals surface area contributed by atoms with E-state index >= 15 is 0 Å². The van der Waals surface area contributed by atoms with E-state index in [0.29, 0.717) is 12.5 Å². The van der Waals surface area contributed by atoms with Gasteiger partial charge in [-0.15, -0.1) is 0 Å². The maximum atomic E-state index is 8.71. The first-order valence-electron chi connectivity index (χ1n) is 4.48. The molecule has 12 heavy (non-hydrogen) atoms. The second-order valence-corrected chi connectivity index (χ2v) is 3.05. The highest BCUT2D eigenvalue weighted by molar-refractivity contribution is 4.79. The molecule has 0 aliphatic rings. The topological polar surface area (TPSA) is 56.0 Å². The molecule has 2 N–H and O–H groups in total. The van der Waals surface area contributed by atoms with Crippen molar-refractivity contribution in [3.05, 3.63) is 0 Å². The molecule has 0 aliphatic carbocycles. The highest BCUT2D eigenvalue weighted by atomic mass is 16.3. The number of nitrogens with zero attached hydrogens (tertiary/aromatic N) is 1. The fourth-order valence-corrected chi connectivity index (χ4v) is 1.16. The number of nitrogens with one attached hydrogen (secondary N) is 1. The average Bonchev–Trinajstić information content (AvgIpc) is 2.04. The van der Waals surface area contributed by atoms with Crippen LogP contribution in [0.25, 0.3) is 0 Å². The van der Waals surface area contributed by atoms with Gasteiger partial charge >= 0.3 is 0 Å². The van der Waals surface area contributed by atoms with E-state index in [1.807, 2.05) is 6.92 Å². The van der Waals surface area contributed by atoms with Gasteiger partial charge in [-0.3, -0.25) is 0 Å². The molecular weight excluding hydrogens is 152 g/mol. The third-order valence-corrected chi connectivity index (χ3v) is 1.89. The highest BCUT2D eigenvalue weighted by Crippen LogP contribution is 2.00. The summed E-state index contributed by atoms with van der Waals surface area (Å²) in [5.41, 5.74) is 0. The summed E-state index contributed by atoms with van der Waals surface area (Å²) in [6, 6.07) is 2.69. The molecule has 0 aromatic rings. The molecular formula is C9H18N2O. The summed E-state index contributed by atoms with van der Waals surface area (Å²) in [6.07, 6.45) is 2.30. The number of hydrogen-bond donors (Lipinski definition) is 2. The van der Waals surface area contributed by atoms with Crippen LogP contribution in [0.4, 0.5) is 0 Å². The van der Waals surface area contributed by atoms with Gasteiger partial charge in [-0.2, -0.15) is 5.26 Å². The molecule has 0 bridgehead atoms. The Kier molecular flexibility index (Phi) is 6.73. The second kappa shape index (κ2) is 7.08. The van der Waals surface area contributed by atoms with Gasteiger partial charge in [0.15, 0.2) is 0 Å². The summed E-state index contributed by atoms with van der Waals surface area (Å²) in [7, 11) is 0. The van der Waals surface area contributed by atoms with Crippen LogP contribution in [-0.2, 0) is 0 Å². The number of aliphatic hydroxyl groups is 1. The van der Waals surface area contributed by atoms with E-state index in [1.165, 1.54) is 0 Å². The van der Waals surface area contributed by atoms with Crippen LogP contribution in [0, 0.1) is 11.3 Å². The first-order valence-corrected chi connectivity index (χ1v) is 4.48. The first kappa shape index (κ1) is 11.4. The summed E-state index contributed by atoms with van der Waals surface area (Å²) < 4.78 is 0. The van der Waals surface area contributed by atoms with Gasteiger partial charge < -0.3 is 10.4 Å². The van der Waals surface area contributed by atoms with Gasteiger partial charge in [0, 0.05) is 18.7 Å². The zero-order valence-corrected chi connectivity index (χ0v) is 7.88. The quantitative estimate of drug-likeness (QED) is 0.626. The smallest absolute Gasteiger partial charge is 0.0638 e. The van der Waals surface area contributed by atoms with Crippen LogP contribution in [0.1, 0.15) is 33.1 Å². The fourth-order valence-electron chi connectivity index (χ4n) is 1.16. The molecule has 0 saturated heterocycles. The van der Waals surface area contributed by atoms with Crippen LogP contribution in [-0.4, -0.2) is 23.8 Å². The molecule has 0 rings (SSSR count). The lowest BCUT2D eigenvalue weighted by Gasteiger charge is -2.19. The van der Waals surface area contributed by atoms with Crippen molar-refractivity contribution >= 4 is 0 Å². The second-order valence-electron chi connectivity index (χ2n) is 3.05. The van der Waals surface area contributed by atoms with Gasteiger partial charge in [0.1, 0.15) is 0 Å². The first-order chi connectivity index (χ1) is 5.74. The Labute approximate surface area is 74.4 Å². The standard InChI is InChI=1S/C9H18N2O/c1-3-9(5-7-12)11-8(2)4-6-10/h8-9,11-12H,3-5,7H2,1-2H3. The monoisotopic (exact) mass is 170 g/mol. The van der Waals surface area contributed by atoms with Crippen LogP contribution in [0.2, 0.25) is 0 Å². The Bertz CT molecular complexity index is 142. The lowest BCUT2D eigenvalue weighted by atomic mass is 10.1. The van der Waals surface area contributed by atoms with Gasteiger partial charge in [-0.1, -0.05) is 6.92 Å². The Morgan fingerprint density at radius 2 is 2.25 bits per heavy atom. The van der Waals surface area contributed by atoms with E-state index in [-0.39, 0.29) is 12.6 Å². The van der Waals surface area contributed by atoms with Gasteiger partial charge in [-0.25, -0.2) is 0 Å². The molecule has 70 valence electrons. The maximum Gasteiger partial charge on any atom is 0.0638 e. The lowest BCUT2D eigenvalue weighted by molar-refractivity contribution is 0.257. The molecule has 3 nitrogen and oxygen atoms in total. The Morgan fingerprint density at radius 3 is 2.67 bits per heavy atom. The Balaban J connectivity index is 3.62. The van der Waals surface area contributed by atoms with Gasteiger partial charge in [0.25, 0.3) is 0 Å². The SMILES string of the molecule is CCC(CCO)NC(C)CC#N. The highest BCUT2D eigenvalue weighted by Gasteiger charge is 2.08. The van der Waals surface area contributed by atoms with Crippen molar-refractivity contribution in [3.63, 3.8) is 0 Å². The van der Waals surface area contributed by atoms with Crippen LogP contribution >= 0.6 is 0 Å². The third kappa shape index (κ3) is 5.11. The minimum absolute atomic E-state index is 0.213. The molecule has 0 amide bonds. The molecule has 0 radical (unpaired) electrons. The summed E-state index contributed by atoms with van der Waals surface area (Å²) in [6.45, 7) is 4.28. The van der Waals surface area contributed by atoms with E-state index < -0.39 is 0 Å². The van der Waals surface area contributed by atoms with Crippen LogP contribution in [0.15, 0.2) is 0 Å². The molecule has 2 unspecified atom stereocenters. The summed E-state index contributed by atoms with van der Waals surface area (Å²) in [5, 5.41) is 20.4. The third-order valence-electron chi connectivity index (χ3n) is 1.89. The zero-order valence-electron chi connectivity index (χ0n) is 7.88. The normalized spacial score (nSPS) is 15.2. The Hall–Kier alpha value is -0.590. The van der Waals surface area contributed by atoms with E-state index in [1.54, 1.807) is 0 Å². The van der Waals surface area contributed by atoms with E-state index in [9.17, 15) is 0 Å². The van der Waals surface area contributed by atoms with Crippen LogP contribution < -0.4 is 5.32 Å². The summed E-state index contributed by atoms with van der Waals surface area (Å²) in [4.78, 5) is 0. The van der Waals surface area contributed by atoms with Crippen LogP contribution in [0.5, 0.6) is 0 Å². The predicted molar refractivity (Wildman–Crippen MR) is 48.6 cm³/mol. The minimum atomic E-state index is 0.213. The molecule has 0 aliphatic heterocycles. The summed E-state index contributed by atoms with van der Waals surface area (Å²) in [5.74, 6) is 0. The average molecular weight is 170 g/mol. The molecule has 0 aromatic heterocycles. The number of hydrogen-bond acceptors (Lipinski definition) is 3. The van der Waals surface area contributed by atoms with E-state index in [0.717, 1.165) is 12.8 Å². The maximum absolute atomic E-state index is 8.71. The van der Waals surface area contributed by atoms with Crippen LogP contribution in [0.3, 0.4) is 0 Å². The lowest BCUT2D eigenvalue weighted by Crippen LogP contribution is -2.36. The predicted octanol–water partition coefficient (Wildman–Crippen LogP) is 1.04. The van der Waals surface area contributed by atoms with Crippen molar-refractivity contribution in [3.8, 4) is 6.07 Å². The molecule has 0 saturated carbocycles. The molecule has 0 heterocycles. The fraction of sp³-hybridized carbons (Fsp3) is 0.889. The molecule has 0 spiro atoms. The van der Waals surface area contributed by atoms with Crippen molar-refractivity contribution in [1.29, 1.82) is 5.26 Å². The Morgan fingerprint density at radius 1 is 1.58 bits per heavy atom. The largest absolute Gasteiger partial charge is 0.396 e. The van der Waals surface area contributed by atoms with E-state index in [4.69, 9.17) is 10.4 Å². The molecule has 0 aromatic carbocycles. The molecule has 0 fully saturated rings. The van der Waals surface area contributed by atoms with Crippen molar-refractivity contribution < 1.29 is 5.11 Å². The van der Waals surface area contributed by atoms with Crippen molar-refractivity contribution in [1.82, 2.24) is 5.32 Å². The number of aliphatic hydroxyl groups excluding tert-OH is 1. The number of rotatable bonds is 6. The van der Waals surface area contributed by atoms with Crippen molar-refractivity contribution in [2.24, 2.45) is 0 Å². The van der Waals surface area contributed by atoms with Gasteiger partial charge in [0.05, 0.1) is 12.5 Å². The number of nitriles is 1. The van der Waals surface area contributed by atoms with Crippen molar-refractivity contribution in [2.45, 2.75) is 45.2 Å². The zero-order chi connectivity index (χ0) is 9.40. The minimum Gasteiger partial charge on any atom is -0.396 e. The summed E-state index contributed by atoms with van der Waals surface area (Å²) >= 11 is 0. The molecule has 2 atom stereocenters.